The minimum Gasteiger partial charge on any atom is -0.489 e. The molecular weight excluding hydrogens is 404 g/mol. The maximum Gasteiger partial charge on any atom is 0.278 e. The van der Waals surface area contributed by atoms with Crippen LogP contribution >= 0.6 is 0 Å². The van der Waals surface area contributed by atoms with E-state index in [9.17, 15) is 4.79 Å². The molecule has 0 aliphatic heterocycles. The van der Waals surface area contributed by atoms with Gasteiger partial charge in [-0.2, -0.15) is 5.10 Å². The van der Waals surface area contributed by atoms with Gasteiger partial charge < -0.3 is 14.6 Å². The van der Waals surface area contributed by atoms with E-state index in [4.69, 9.17) is 9.26 Å². The molecule has 4 rings (SSSR count). The van der Waals surface area contributed by atoms with E-state index in [0.717, 1.165) is 28.3 Å². The van der Waals surface area contributed by atoms with Crippen LogP contribution in [0.3, 0.4) is 0 Å². The molecule has 0 radical (unpaired) electrons. The molecule has 0 atom stereocenters. The molecule has 2 aromatic carbocycles. The van der Waals surface area contributed by atoms with Crippen LogP contribution in [-0.4, -0.2) is 20.8 Å². The molecule has 0 bridgehead atoms. The van der Waals surface area contributed by atoms with Crippen LogP contribution in [0.25, 0.3) is 0 Å². The number of ether oxygens (including phenoxy) is 1. The van der Waals surface area contributed by atoms with Gasteiger partial charge in [0.25, 0.3) is 5.91 Å². The van der Waals surface area contributed by atoms with E-state index < -0.39 is 0 Å². The lowest BCUT2D eigenvalue weighted by atomic mass is 10.2. The van der Waals surface area contributed by atoms with Crippen molar-refractivity contribution >= 4 is 11.6 Å². The van der Waals surface area contributed by atoms with Crippen LogP contribution in [-0.2, 0) is 13.2 Å². The van der Waals surface area contributed by atoms with Gasteiger partial charge in [-0.25, -0.2) is 0 Å². The monoisotopic (exact) mass is 430 g/mol. The fraction of sp³-hybridized carbons (Fsp3) is 0.240. The van der Waals surface area contributed by atoms with E-state index in [2.05, 4.69) is 15.6 Å². The number of hydrogen-bond acceptors (Lipinski definition) is 5. The fourth-order valence-electron chi connectivity index (χ4n) is 3.49. The number of nitrogens with one attached hydrogen (secondary N) is 1. The second-order valence-corrected chi connectivity index (χ2v) is 7.81. The number of carbonyl (C=O) groups is 1. The van der Waals surface area contributed by atoms with Crippen LogP contribution in [0.5, 0.6) is 5.75 Å². The molecule has 0 saturated heterocycles. The lowest BCUT2D eigenvalue weighted by Gasteiger charge is -2.08. The van der Waals surface area contributed by atoms with Crippen LogP contribution in [0.1, 0.15) is 44.3 Å². The Labute approximate surface area is 187 Å². The van der Waals surface area contributed by atoms with Gasteiger partial charge in [0, 0.05) is 0 Å². The zero-order valence-electron chi connectivity index (χ0n) is 18.7. The minimum atomic E-state index is -0.352. The summed E-state index contributed by atoms with van der Waals surface area (Å²) >= 11 is 0. The SMILES string of the molecule is Cc1ccc(OCc2c(C(=O)Nc3c(C)nn(Cc4ccccc4)c3C)noc2C)cc1. The van der Waals surface area contributed by atoms with Gasteiger partial charge in [-0.15, -0.1) is 0 Å². The fourth-order valence-corrected chi connectivity index (χ4v) is 3.49. The molecule has 0 aliphatic carbocycles. The van der Waals surface area contributed by atoms with Crippen LogP contribution in [0.4, 0.5) is 5.69 Å². The second kappa shape index (κ2) is 9.09. The van der Waals surface area contributed by atoms with E-state index in [0.29, 0.717) is 23.6 Å². The number of aryl methyl sites for hydroxylation is 3. The summed E-state index contributed by atoms with van der Waals surface area (Å²) in [6.45, 7) is 8.41. The Morgan fingerprint density at radius 3 is 2.47 bits per heavy atom. The molecule has 32 heavy (non-hydrogen) atoms. The molecule has 0 saturated carbocycles. The van der Waals surface area contributed by atoms with Gasteiger partial charge >= 0.3 is 0 Å². The van der Waals surface area contributed by atoms with Crippen LogP contribution < -0.4 is 10.1 Å². The maximum atomic E-state index is 13.1. The quantitative estimate of drug-likeness (QED) is 0.447. The number of hydrogen-bond donors (Lipinski definition) is 1. The van der Waals surface area contributed by atoms with Gasteiger partial charge in [-0.05, 0) is 45.4 Å². The predicted molar refractivity (Wildman–Crippen MR) is 122 cm³/mol. The summed E-state index contributed by atoms with van der Waals surface area (Å²) in [4.78, 5) is 13.1. The first-order valence-electron chi connectivity index (χ1n) is 10.5. The molecular formula is C25H26N4O3. The molecule has 2 heterocycles. The van der Waals surface area contributed by atoms with Gasteiger partial charge in [-0.3, -0.25) is 9.48 Å². The van der Waals surface area contributed by atoms with E-state index >= 15 is 0 Å². The van der Waals surface area contributed by atoms with Gasteiger partial charge in [-0.1, -0.05) is 53.2 Å². The highest BCUT2D eigenvalue weighted by Crippen LogP contribution is 2.23. The molecule has 7 nitrogen and oxygen atoms in total. The van der Waals surface area contributed by atoms with Gasteiger partial charge in [0.1, 0.15) is 18.1 Å². The third-order valence-corrected chi connectivity index (χ3v) is 5.40. The molecule has 2 aromatic heterocycles. The second-order valence-electron chi connectivity index (χ2n) is 7.81. The van der Waals surface area contributed by atoms with Crippen LogP contribution in [0.15, 0.2) is 59.1 Å². The zero-order chi connectivity index (χ0) is 22.7. The molecule has 4 aromatic rings. The molecule has 164 valence electrons. The van der Waals surface area contributed by atoms with Crippen LogP contribution in [0, 0.1) is 27.7 Å². The predicted octanol–water partition coefficient (Wildman–Crippen LogP) is 4.98. The molecule has 1 amide bonds. The highest BCUT2D eigenvalue weighted by molar-refractivity contribution is 6.04. The first-order chi connectivity index (χ1) is 15.4. The smallest absolute Gasteiger partial charge is 0.278 e. The highest BCUT2D eigenvalue weighted by Gasteiger charge is 2.23. The van der Waals surface area contributed by atoms with E-state index in [1.54, 1.807) is 6.92 Å². The summed E-state index contributed by atoms with van der Waals surface area (Å²) in [5.74, 6) is 0.918. The molecule has 0 fully saturated rings. The summed E-state index contributed by atoms with van der Waals surface area (Å²) in [6.07, 6.45) is 0. The zero-order valence-corrected chi connectivity index (χ0v) is 18.7. The van der Waals surface area contributed by atoms with Crippen molar-refractivity contribution in [3.63, 3.8) is 0 Å². The normalized spacial score (nSPS) is 10.9. The van der Waals surface area contributed by atoms with Crippen molar-refractivity contribution in [3.05, 3.63) is 94.1 Å². The number of rotatable bonds is 7. The number of anilines is 1. The van der Waals surface area contributed by atoms with E-state index in [1.165, 1.54) is 0 Å². The molecule has 7 heteroatoms. The number of aromatic nitrogens is 3. The number of benzene rings is 2. The standard InChI is InChI=1S/C25H26N4O3/c1-16-10-12-21(13-11-16)31-15-22-19(4)32-28-24(22)25(30)26-23-17(2)27-29(18(23)3)14-20-8-6-5-7-9-20/h5-13H,14-15H2,1-4H3,(H,26,30). The summed E-state index contributed by atoms with van der Waals surface area (Å²) in [6, 6.07) is 17.8. The molecule has 1 N–H and O–H groups in total. The summed E-state index contributed by atoms with van der Waals surface area (Å²) in [5.41, 5.74) is 5.41. The summed E-state index contributed by atoms with van der Waals surface area (Å²) < 4.78 is 13.0. The third-order valence-electron chi connectivity index (χ3n) is 5.40. The maximum absolute atomic E-state index is 13.1. The molecule has 0 spiro atoms. The minimum absolute atomic E-state index is 0.187. The van der Waals surface area contributed by atoms with E-state index in [1.807, 2.05) is 80.1 Å². The highest BCUT2D eigenvalue weighted by atomic mass is 16.5. The van der Waals surface area contributed by atoms with Crippen molar-refractivity contribution in [2.45, 2.75) is 40.8 Å². The van der Waals surface area contributed by atoms with E-state index in [-0.39, 0.29) is 18.2 Å². The Bertz CT molecular complexity index is 1220. The van der Waals surface area contributed by atoms with Crippen LogP contribution in [0.2, 0.25) is 0 Å². The Hall–Kier alpha value is -3.87. The number of amides is 1. The summed E-state index contributed by atoms with van der Waals surface area (Å²) in [7, 11) is 0. The van der Waals surface area contributed by atoms with Gasteiger partial charge in [0.15, 0.2) is 5.69 Å². The van der Waals surface area contributed by atoms with Crippen molar-refractivity contribution in [2.24, 2.45) is 0 Å². The average Bonchev–Trinajstić information content (AvgIpc) is 3.28. The lowest BCUT2D eigenvalue weighted by Crippen LogP contribution is -2.16. The molecule has 0 aliphatic rings. The number of carbonyl (C=O) groups excluding carboxylic acids is 1. The first-order valence-corrected chi connectivity index (χ1v) is 10.5. The Morgan fingerprint density at radius 1 is 1.03 bits per heavy atom. The van der Waals surface area contributed by atoms with Crippen molar-refractivity contribution in [1.82, 2.24) is 14.9 Å². The first kappa shape index (κ1) is 21.4. The van der Waals surface area contributed by atoms with Crippen molar-refractivity contribution in [1.29, 1.82) is 0 Å². The van der Waals surface area contributed by atoms with Crippen molar-refractivity contribution in [3.8, 4) is 5.75 Å². The summed E-state index contributed by atoms with van der Waals surface area (Å²) in [5, 5.41) is 11.5. The average molecular weight is 431 g/mol. The Kier molecular flexibility index (Phi) is 6.07. The largest absolute Gasteiger partial charge is 0.489 e. The Morgan fingerprint density at radius 2 is 1.75 bits per heavy atom. The van der Waals surface area contributed by atoms with Crippen molar-refractivity contribution in [2.75, 3.05) is 5.32 Å². The Balaban J connectivity index is 1.50. The van der Waals surface area contributed by atoms with Crippen molar-refractivity contribution < 1.29 is 14.1 Å². The third kappa shape index (κ3) is 4.56. The molecule has 0 unspecified atom stereocenters. The topological polar surface area (TPSA) is 82.2 Å². The number of nitrogens with zero attached hydrogens (tertiary/aromatic N) is 3. The van der Waals surface area contributed by atoms with Gasteiger partial charge in [0.2, 0.25) is 0 Å². The lowest BCUT2D eigenvalue weighted by molar-refractivity contribution is 0.101. The van der Waals surface area contributed by atoms with Gasteiger partial charge in [0.05, 0.1) is 29.2 Å².